The standard InChI is InChI=1S/C18H27NO4.C2H6/c1-12(2)15(20)7-8-16(21)14-5-3-13(4-6-14)11-19-17(22)9-10-18(19)23;1-2/h12-14H,3-11H2,1-2H3;1-2H3. The van der Waals surface area contributed by atoms with Gasteiger partial charge in [0, 0.05) is 44.1 Å². The second-order valence-corrected chi connectivity index (χ2v) is 7.20. The molecule has 0 aromatic carbocycles. The van der Waals surface area contributed by atoms with Crippen molar-refractivity contribution in [2.45, 2.75) is 79.1 Å². The molecule has 142 valence electrons. The average Bonchev–Trinajstić information content (AvgIpc) is 2.93. The molecule has 1 aliphatic heterocycles. The molecule has 1 heterocycles. The molecule has 0 radical (unpaired) electrons. The predicted octanol–water partition coefficient (Wildman–Crippen LogP) is 3.54. The molecule has 5 nitrogen and oxygen atoms in total. The lowest BCUT2D eigenvalue weighted by Gasteiger charge is -2.30. The van der Waals surface area contributed by atoms with E-state index in [-0.39, 0.29) is 35.2 Å². The number of ketones is 2. The number of rotatable bonds is 7. The molecule has 2 rings (SSSR count). The van der Waals surface area contributed by atoms with Crippen LogP contribution < -0.4 is 0 Å². The van der Waals surface area contributed by atoms with Gasteiger partial charge in [-0.25, -0.2) is 0 Å². The highest BCUT2D eigenvalue weighted by atomic mass is 16.2. The fourth-order valence-corrected chi connectivity index (χ4v) is 3.49. The van der Waals surface area contributed by atoms with Gasteiger partial charge in [-0.1, -0.05) is 27.7 Å². The normalized spacial score (nSPS) is 23.5. The van der Waals surface area contributed by atoms with E-state index in [1.165, 1.54) is 4.90 Å². The monoisotopic (exact) mass is 351 g/mol. The van der Waals surface area contributed by atoms with Gasteiger partial charge in [0.25, 0.3) is 0 Å². The molecule has 1 saturated carbocycles. The lowest BCUT2D eigenvalue weighted by atomic mass is 9.78. The van der Waals surface area contributed by atoms with Crippen LogP contribution in [0.2, 0.25) is 0 Å². The van der Waals surface area contributed by atoms with Gasteiger partial charge in [-0.2, -0.15) is 0 Å². The number of likely N-dealkylation sites (tertiary alicyclic amines) is 1. The molecule has 2 amide bonds. The van der Waals surface area contributed by atoms with Crippen LogP contribution in [0.1, 0.15) is 79.1 Å². The molecule has 2 fully saturated rings. The highest BCUT2D eigenvalue weighted by molar-refractivity contribution is 6.01. The summed E-state index contributed by atoms with van der Waals surface area (Å²) in [5, 5.41) is 0. The Hall–Kier alpha value is -1.52. The average molecular weight is 351 g/mol. The van der Waals surface area contributed by atoms with Crippen molar-refractivity contribution in [2.24, 2.45) is 17.8 Å². The molecule has 25 heavy (non-hydrogen) atoms. The number of carbonyl (C=O) groups is 4. The lowest BCUT2D eigenvalue weighted by molar-refractivity contribution is -0.139. The third kappa shape index (κ3) is 6.37. The first kappa shape index (κ1) is 21.5. The van der Waals surface area contributed by atoms with Crippen LogP contribution in [-0.4, -0.2) is 34.8 Å². The minimum absolute atomic E-state index is 0.00549. The van der Waals surface area contributed by atoms with Crippen molar-refractivity contribution in [1.29, 1.82) is 0 Å². The Morgan fingerprint density at radius 2 is 1.48 bits per heavy atom. The lowest BCUT2D eigenvalue weighted by Crippen LogP contribution is -2.36. The van der Waals surface area contributed by atoms with Gasteiger partial charge in [0.2, 0.25) is 11.8 Å². The zero-order valence-electron chi connectivity index (χ0n) is 16.2. The van der Waals surface area contributed by atoms with Crippen LogP contribution in [0.25, 0.3) is 0 Å². The third-order valence-electron chi connectivity index (χ3n) is 5.16. The second kappa shape index (κ2) is 10.5. The summed E-state index contributed by atoms with van der Waals surface area (Å²) in [5.74, 6) is 0.609. The van der Waals surface area contributed by atoms with Crippen molar-refractivity contribution in [3.63, 3.8) is 0 Å². The van der Waals surface area contributed by atoms with Gasteiger partial charge in [0.15, 0.2) is 0 Å². The van der Waals surface area contributed by atoms with E-state index in [0.717, 1.165) is 25.7 Å². The van der Waals surface area contributed by atoms with Crippen LogP contribution in [0, 0.1) is 17.8 Å². The fourth-order valence-electron chi connectivity index (χ4n) is 3.49. The van der Waals surface area contributed by atoms with Gasteiger partial charge in [-0.05, 0) is 31.6 Å². The number of carbonyl (C=O) groups excluding carboxylic acids is 4. The first-order valence-electron chi connectivity index (χ1n) is 9.77. The molecule has 1 saturated heterocycles. The van der Waals surface area contributed by atoms with Crippen molar-refractivity contribution in [3.05, 3.63) is 0 Å². The molecule has 0 aromatic heterocycles. The smallest absolute Gasteiger partial charge is 0.229 e. The maximum absolute atomic E-state index is 12.2. The Morgan fingerprint density at radius 1 is 0.960 bits per heavy atom. The number of Topliss-reactive ketones (excluding diaryl/α,β-unsaturated/α-hetero) is 2. The summed E-state index contributed by atoms with van der Waals surface area (Å²) in [6, 6.07) is 0. The Morgan fingerprint density at radius 3 is 1.96 bits per heavy atom. The van der Waals surface area contributed by atoms with Crippen molar-refractivity contribution in [3.8, 4) is 0 Å². The van der Waals surface area contributed by atoms with Crippen molar-refractivity contribution in [1.82, 2.24) is 4.90 Å². The molecule has 0 aromatic rings. The topological polar surface area (TPSA) is 71.5 Å². The van der Waals surface area contributed by atoms with Crippen LogP contribution in [0.3, 0.4) is 0 Å². The van der Waals surface area contributed by atoms with Crippen LogP contribution in [0.15, 0.2) is 0 Å². The van der Waals surface area contributed by atoms with Gasteiger partial charge < -0.3 is 0 Å². The molecule has 0 bridgehead atoms. The van der Waals surface area contributed by atoms with E-state index in [1.54, 1.807) is 0 Å². The second-order valence-electron chi connectivity index (χ2n) is 7.20. The fraction of sp³-hybridized carbons (Fsp3) is 0.800. The summed E-state index contributed by atoms with van der Waals surface area (Å²) >= 11 is 0. The summed E-state index contributed by atoms with van der Waals surface area (Å²) in [4.78, 5) is 48.5. The molecular weight excluding hydrogens is 318 g/mol. The van der Waals surface area contributed by atoms with Crippen molar-refractivity contribution in [2.75, 3.05) is 6.54 Å². The Bertz CT molecular complexity index is 474. The van der Waals surface area contributed by atoms with Crippen LogP contribution >= 0.6 is 0 Å². The highest BCUT2D eigenvalue weighted by Gasteiger charge is 2.33. The Kier molecular flexibility index (Phi) is 9.01. The van der Waals surface area contributed by atoms with E-state index in [0.29, 0.717) is 38.1 Å². The maximum Gasteiger partial charge on any atom is 0.229 e. The molecule has 1 aliphatic carbocycles. The van der Waals surface area contributed by atoms with Crippen LogP contribution in [0.4, 0.5) is 0 Å². The van der Waals surface area contributed by atoms with Crippen molar-refractivity contribution >= 4 is 23.4 Å². The molecule has 0 atom stereocenters. The minimum atomic E-state index is -0.0552. The van der Waals surface area contributed by atoms with Gasteiger partial charge in [-0.3, -0.25) is 24.1 Å². The quantitative estimate of drug-likeness (QED) is 0.658. The summed E-state index contributed by atoms with van der Waals surface area (Å²) in [5.41, 5.74) is 0. The first-order chi connectivity index (χ1) is 11.9. The molecular formula is C20H33NO4. The van der Waals surface area contributed by atoms with Gasteiger partial charge >= 0.3 is 0 Å². The largest absolute Gasteiger partial charge is 0.299 e. The van der Waals surface area contributed by atoms with E-state index in [4.69, 9.17) is 0 Å². The van der Waals surface area contributed by atoms with E-state index < -0.39 is 0 Å². The number of imide groups is 1. The van der Waals surface area contributed by atoms with Crippen LogP contribution in [-0.2, 0) is 19.2 Å². The summed E-state index contributed by atoms with van der Waals surface area (Å²) in [6.45, 7) is 8.24. The highest BCUT2D eigenvalue weighted by Crippen LogP contribution is 2.31. The summed E-state index contributed by atoms with van der Waals surface area (Å²) in [6.07, 6.45) is 4.79. The first-order valence-corrected chi connectivity index (χ1v) is 9.77. The van der Waals surface area contributed by atoms with Gasteiger partial charge in [0.1, 0.15) is 11.6 Å². The summed E-state index contributed by atoms with van der Waals surface area (Å²) < 4.78 is 0. The number of hydrogen-bond acceptors (Lipinski definition) is 4. The van der Waals surface area contributed by atoms with E-state index in [2.05, 4.69) is 0 Å². The SMILES string of the molecule is CC.CC(C)C(=O)CCC(=O)C1CCC(CN2C(=O)CCC2=O)CC1. The molecule has 0 spiro atoms. The van der Waals surface area contributed by atoms with Gasteiger partial charge in [0.05, 0.1) is 0 Å². The summed E-state index contributed by atoms with van der Waals surface area (Å²) in [7, 11) is 0. The molecule has 0 unspecified atom stereocenters. The number of amides is 2. The third-order valence-corrected chi connectivity index (χ3v) is 5.16. The van der Waals surface area contributed by atoms with Gasteiger partial charge in [-0.15, -0.1) is 0 Å². The van der Waals surface area contributed by atoms with E-state index >= 15 is 0 Å². The Labute approximate surface area is 151 Å². The minimum Gasteiger partial charge on any atom is -0.299 e. The zero-order chi connectivity index (χ0) is 19.0. The number of hydrogen-bond donors (Lipinski definition) is 0. The van der Waals surface area contributed by atoms with Crippen molar-refractivity contribution < 1.29 is 19.2 Å². The molecule has 0 N–H and O–H groups in total. The molecule has 5 heteroatoms. The number of nitrogens with zero attached hydrogens (tertiary/aromatic N) is 1. The van der Waals surface area contributed by atoms with E-state index in [9.17, 15) is 19.2 Å². The van der Waals surface area contributed by atoms with Crippen LogP contribution in [0.5, 0.6) is 0 Å². The Balaban J connectivity index is 0.00000151. The molecule has 2 aliphatic rings. The predicted molar refractivity (Wildman–Crippen MR) is 96.8 cm³/mol. The van der Waals surface area contributed by atoms with E-state index in [1.807, 2.05) is 27.7 Å². The maximum atomic E-state index is 12.2. The zero-order valence-corrected chi connectivity index (χ0v) is 16.2.